The number of hydrogen-bond donors (Lipinski definition) is 2. The van der Waals surface area contributed by atoms with Crippen molar-refractivity contribution in [2.24, 2.45) is 0 Å². The van der Waals surface area contributed by atoms with Gasteiger partial charge in [0.15, 0.2) is 5.82 Å². The number of benzene rings is 2. The molecule has 17 heteroatoms. The molecule has 0 aliphatic heterocycles. The molecule has 0 bridgehead atoms. The Bertz CT molecular complexity index is 2080. The highest BCUT2D eigenvalue weighted by Crippen LogP contribution is 2.68. The molecular weight excluding hydrogens is 678 g/mol. The fourth-order valence-electron chi connectivity index (χ4n) is 4.84. The normalized spacial score (nSPS) is 13.4. The van der Waals surface area contributed by atoms with Crippen LogP contribution in [0.2, 0.25) is 0 Å². The average molecular weight is 713 g/mol. The molecule has 14 nitrogen and oxygen atoms in total. The molecule has 0 saturated carbocycles. The fourth-order valence-corrected chi connectivity index (χ4v) is 11.6. The molecule has 0 amide bonds. The van der Waals surface area contributed by atoms with Crippen LogP contribution in [0.5, 0.6) is 0 Å². The Morgan fingerprint density at radius 1 is 0.833 bits per heavy atom. The molecule has 1 unspecified atom stereocenters. The minimum atomic E-state index is -5.31. The van der Waals surface area contributed by atoms with Crippen LogP contribution in [0.3, 0.4) is 0 Å². The maximum absolute atomic E-state index is 14.1. The Morgan fingerprint density at radius 2 is 1.54 bits per heavy atom. The first kappa shape index (κ1) is 35.4. The SMILES string of the molecule is CCOP(=O)(O)N(P(=O)(OCC)OCC)S(=O)(=O)c1cncc(-c2nc(NCc3ccccn3)c3c(-c4ccccc4)cccc3n2)c1. The smallest absolute Gasteiger partial charge is 0.364 e. The van der Waals surface area contributed by atoms with Crippen molar-refractivity contribution in [1.29, 1.82) is 0 Å². The van der Waals surface area contributed by atoms with E-state index in [0.717, 1.165) is 34.5 Å². The van der Waals surface area contributed by atoms with Crippen LogP contribution in [0.4, 0.5) is 5.82 Å². The van der Waals surface area contributed by atoms with Gasteiger partial charge in [0, 0.05) is 28.0 Å². The Balaban J connectivity index is 1.66. The van der Waals surface area contributed by atoms with Gasteiger partial charge in [0.2, 0.25) is 0 Å². The van der Waals surface area contributed by atoms with E-state index in [1.54, 1.807) is 12.3 Å². The Hall–Kier alpha value is -3.91. The maximum Gasteiger partial charge on any atom is 0.431 e. The van der Waals surface area contributed by atoms with Crippen molar-refractivity contribution < 1.29 is 36.0 Å². The van der Waals surface area contributed by atoms with Crippen molar-refractivity contribution >= 4 is 42.2 Å². The molecule has 3 heterocycles. The predicted octanol–water partition coefficient (Wildman–Crippen LogP) is 6.67. The molecule has 48 heavy (non-hydrogen) atoms. The quantitative estimate of drug-likeness (QED) is 0.110. The largest absolute Gasteiger partial charge is 0.431 e. The molecule has 2 aromatic carbocycles. The van der Waals surface area contributed by atoms with Crippen LogP contribution in [0.1, 0.15) is 26.5 Å². The van der Waals surface area contributed by atoms with E-state index in [2.05, 4.69) is 15.3 Å². The molecule has 0 fully saturated rings. The van der Waals surface area contributed by atoms with Gasteiger partial charge in [-0.25, -0.2) is 27.5 Å². The molecule has 2 N–H and O–H groups in total. The lowest BCUT2D eigenvalue weighted by Gasteiger charge is -2.30. The molecule has 5 rings (SSSR count). The second-order valence-electron chi connectivity index (χ2n) is 9.99. The van der Waals surface area contributed by atoms with Crippen LogP contribution >= 0.6 is 15.5 Å². The lowest BCUT2D eigenvalue weighted by atomic mass is 10.0. The summed E-state index contributed by atoms with van der Waals surface area (Å²) in [6.45, 7) is 3.60. The minimum absolute atomic E-state index is 0.0992. The van der Waals surface area contributed by atoms with Gasteiger partial charge >= 0.3 is 15.5 Å². The molecule has 0 spiro atoms. The van der Waals surface area contributed by atoms with E-state index >= 15 is 0 Å². The van der Waals surface area contributed by atoms with Crippen molar-refractivity contribution in [1.82, 2.24) is 23.8 Å². The number of sulfonamides is 1. The van der Waals surface area contributed by atoms with Crippen molar-refractivity contribution in [3.8, 4) is 22.5 Å². The summed E-state index contributed by atoms with van der Waals surface area (Å²) in [6.07, 6.45) is 3.97. The molecule has 0 saturated heterocycles. The summed E-state index contributed by atoms with van der Waals surface area (Å²) in [4.78, 5) is 28.2. The highest BCUT2D eigenvalue weighted by atomic mass is 32.2. The summed E-state index contributed by atoms with van der Waals surface area (Å²) in [7, 11) is -15.4. The molecular formula is C31H34N6O8P2S. The summed E-state index contributed by atoms with van der Waals surface area (Å²) in [5.74, 6) is 0.547. The molecule has 5 aromatic rings. The van der Waals surface area contributed by atoms with E-state index < -0.39 is 30.4 Å². The van der Waals surface area contributed by atoms with E-state index in [0.29, 0.717) is 17.9 Å². The van der Waals surface area contributed by atoms with Gasteiger partial charge in [0.1, 0.15) is 10.7 Å². The highest BCUT2D eigenvalue weighted by Gasteiger charge is 2.55. The average Bonchev–Trinajstić information content (AvgIpc) is 3.07. The Labute approximate surface area is 278 Å². The topological polar surface area (TPSA) is 183 Å². The van der Waals surface area contributed by atoms with Crippen molar-refractivity contribution in [2.45, 2.75) is 32.2 Å². The van der Waals surface area contributed by atoms with Crippen molar-refractivity contribution in [2.75, 3.05) is 25.1 Å². The number of fused-ring (bicyclic) bond motifs is 1. The molecule has 0 aliphatic rings. The van der Waals surface area contributed by atoms with Crippen LogP contribution < -0.4 is 5.32 Å². The molecule has 1 atom stereocenters. The standard InChI is InChI=1S/C31H34N6O8P2S/c1-4-43-46(38,39)37(47(40,44-5-2)45-6-3)48(41,42)26-19-24(20-32-22-26)30-35-28-17-12-16-27(23-13-8-7-9-14-23)29(28)31(36-30)34-21-25-15-10-11-18-33-25/h7-20,22H,4-6,21H2,1-3H3,(H,38,39)(H,34,35,36). The zero-order valence-electron chi connectivity index (χ0n) is 26.3. The van der Waals surface area contributed by atoms with Crippen molar-refractivity contribution in [3.63, 3.8) is 0 Å². The van der Waals surface area contributed by atoms with Gasteiger partial charge in [0.25, 0.3) is 10.0 Å². The van der Waals surface area contributed by atoms with Gasteiger partial charge in [-0.3, -0.25) is 23.5 Å². The first-order valence-electron chi connectivity index (χ1n) is 14.9. The van der Waals surface area contributed by atoms with E-state index in [4.69, 9.17) is 23.5 Å². The van der Waals surface area contributed by atoms with E-state index in [1.807, 2.05) is 60.7 Å². The van der Waals surface area contributed by atoms with E-state index in [9.17, 15) is 22.4 Å². The summed E-state index contributed by atoms with van der Waals surface area (Å²) < 4.78 is 70.2. The molecule has 0 aliphatic carbocycles. The Morgan fingerprint density at radius 3 is 2.21 bits per heavy atom. The van der Waals surface area contributed by atoms with Crippen LogP contribution in [0, 0.1) is 0 Å². The maximum atomic E-state index is 14.1. The lowest BCUT2D eigenvalue weighted by molar-refractivity contribution is 0.189. The first-order chi connectivity index (χ1) is 23.0. The van der Waals surface area contributed by atoms with Gasteiger partial charge < -0.3 is 10.2 Å². The summed E-state index contributed by atoms with van der Waals surface area (Å²) in [5.41, 5.74) is 3.26. The highest BCUT2D eigenvalue weighted by molar-refractivity contribution is 8.00. The van der Waals surface area contributed by atoms with E-state index in [1.165, 1.54) is 27.0 Å². The summed E-state index contributed by atoms with van der Waals surface area (Å²) >= 11 is 0. The van der Waals surface area contributed by atoms with Gasteiger partial charge in [-0.05, 0) is 56.2 Å². The first-order valence-corrected chi connectivity index (χ1v) is 19.4. The minimum Gasteiger partial charge on any atom is -0.364 e. The zero-order chi connectivity index (χ0) is 34.4. The van der Waals surface area contributed by atoms with E-state index in [-0.39, 0.29) is 35.1 Å². The van der Waals surface area contributed by atoms with Crippen LogP contribution in [-0.2, 0) is 39.3 Å². The summed E-state index contributed by atoms with van der Waals surface area (Å²) in [6, 6.07) is 22.1. The van der Waals surface area contributed by atoms with Gasteiger partial charge in [-0.1, -0.05) is 48.5 Å². The Kier molecular flexibility index (Phi) is 11.1. The van der Waals surface area contributed by atoms with Crippen LogP contribution in [0.25, 0.3) is 33.4 Å². The second kappa shape index (κ2) is 15.1. The lowest BCUT2D eigenvalue weighted by Crippen LogP contribution is -2.29. The molecule has 252 valence electrons. The number of hydrogen-bond acceptors (Lipinski definition) is 12. The second-order valence-corrected chi connectivity index (χ2v) is 16.1. The number of anilines is 1. The third kappa shape index (κ3) is 7.54. The molecule has 0 radical (unpaired) electrons. The predicted molar refractivity (Wildman–Crippen MR) is 181 cm³/mol. The van der Waals surface area contributed by atoms with Crippen LogP contribution in [-0.4, -0.2) is 56.9 Å². The number of pyridine rings is 2. The van der Waals surface area contributed by atoms with Gasteiger partial charge in [0.05, 0.1) is 43.0 Å². The van der Waals surface area contributed by atoms with Gasteiger partial charge in [-0.15, -0.1) is 0 Å². The fraction of sp³-hybridized carbons (Fsp3) is 0.226. The third-order valence-electron chi connectivity index (χ3n) is 6.76. The monoisotopic (exact) mass is 712 g/mol. The van der Waals surface area contributed by atoms with Gasteiger partial charge in [-0.2, -0.15) is 0 Å². The number of rotatable bonds is 15. The number of nitrogens with one attached hydrogen (secondary N) is 1. The summed E-state index contributed by atoms with van der Waals surface area (Å²) in [5, 5.41) is 4.07. The van der Waals surface area contributed by atoms with Crippen LogP contribution in [0.15, 0.2) is 96.3 Å². The molecule has 3 aromatic heterocycles. The zero-order valence-corrected chi connectivity index (χ0v) is 28.9. The number of aromatic nitrogens is 4. The third-order valence-corrected chi connectivity index (χ3v) is 14.5. The number of nitrogens with zero attached hydrogens (tertiary/aromatic N) is 5. The van der Waals surface area contributed by atoms with Crippen molar-refractivity contribution in [3.05, 3.63) is 97.1 Å².